The number of hydrogen-bond acceptors (Lipinski definition) is 5. The molecule has 0 bridgehead atoms. The van der Waals surface area contributed by atoms with Gasteiger partial charge in [0.2, 0.25) is 5.91 Å². The summed E-state index contributed by atoms with van der Waals surface area (Å²) in [5.74, 6) is 0.720. The van der Waals surface area contributed by atoms with Gasteiger partial charge in [0.15, 0.2) is 0 Å². The third-order valence-electron chi connectivity index (χ3n) is 8.37. The number of rotatable bonds is 17. The Balaban J connectivity index is 1.37. The number of hydrogen-bond donors (Lipinski definition) is 2. The summed E-state index contributed by atoms with van der Waals surface area (Å²) in [4.78, 5) is 30.9. The summed E-state index contributed by atoms with van der Waals surface area (Å²) >= 11 is 0. The molecular formula is C37H50N4O3. The topological polar surface area (TPSA) is 73.9 Å². The Hall–Kier alpha value is -4.00. The van der Waals surface area contributed by atoms with Crippen LogP contribution in [0.3, 0.4) is 0 Å². The summed E-state index contributed by atoms with van der Waals surface area (Å²) in [6, 6.07) is 23.7. The number of methoxy groups -OCH3 is 1. The molecule has 236 valence electrons. The molecule has 1 saturated heterocycles. The smallest absolute Gasteiger partial charge is 0.253 e. The Morgan fingerprint density at radius 1 is 0.727 bits per heavy atom. The molecule has 0 saturated carbocycles. The zero-order chi connectivity index (χ0) is 31.0. The second-order valence-electron chi connectivity index (χ2n) is 11.7. The van der Waals surface area contributed by atoms with Crippen molar-refractivity contribution in [1.82, 2.24) is 5.32 Å². The van der Waals surface area contributed by atoms with Gasteiger partial charge < -0.3 is 25.2 Å². The Morgan fingerprint density at radius 3 is 2.02 bits per heavy atom. The van der Waals surface area contributed by atoms with E-state index in [1.165, 1.54) is 44.9 Å². The van der Waals surface area contributed by atoms with E-state index in [9.17, 15) is 9.59 Å². The molecule has 3 aromatic carbocycles. The summed E-state index contributed by atoms with van der Waals surface area (Å²) in [5, 5.41) is 6.14. The number of carbonyl (C=O) groups is 2. The molecule has 1 aliphatic rings. The number of amides is 2. The number of piperazine rings is 1. The fourth-order valence-corrected chi connectivity index (χ4v) is 5.84. The fraction of sp³-hybridized carbons (Fsp3) is 0.459. The van der Waals surface area contributed by atoms with Crippen molar-refractivity contribution >= 4 is 28.9 Å². The van der Waals surface area contributed by atoms with Crippen molar-refractivity contribution in [3.05, 3.63) is 83.9 Å². The molecule has 0 unspecified atom stereocenters. The van der Waals surface area contributed by atoms with Crippen LogP contribution in [0.2, 0.25) is 0 Å². The highest BCUT2D eigenvalue weighted by Gasteiger charge is 2.24. The van der Waals surface area contributed by atoms with E-state index in [2.05, 4.69) is 33.4 Å². The molecule has 0 atom stereocenters. The third kappa shape index (κ3) is 10.0. The zero-order valence-electron chi connectivity index (χ0n) is 26.7. The van der Waals surface area contributed by atoms with Crippen molar-refractivity contribution in [3.8, 4) is 5.75 Å². The number of carbonyl (C=O) groups excluding carboxylic acids is 2. The lowest BCUT2D eigenvalue weighted by Crippen LogP contribution is -2.47. The quantitative estimate of drug-likeness (QED) is 0.155. The highest BCUT2D eigenvalue weighted by Crippen LogP contribution is 2.31. The van der Waals surface area contributed by atoms with Crippen LogP contribution in [0, 0.1) is 0 Å². The molecule has 2 N–H and O–H groups in total. The van der Waals surface area contributed by atoms with E-state index in [1.54, 1.807) is 7.11 Å². The molecule has 1 heterocycles. The van der Waals surface area contributed by atoms with E-state index in [-0.39, 0.29) is 11.8 Å². The number of para-hydroxylation sites is 2. The van der Waals surface area contributed by atoms with Gasteiger partial charge in [-0.25, -0.2) is 0 Å². The lowest BCUT2D eigenvalue weighted by Gasteiger charge is -2.38. The molecule has 0 aromatic heterocycles. The Kier molecular flexibility index (Phi) is 13.4. The van der Waals surface area contributed by atoms with E-state index < -0.39 is 0 Å². The Bertz CT molecular complexity index is 1310. The summed E-state index contributed by atoms with van der Waals surface area (Å²) < 4.78 is 5.58. The van der Waals surface area contributed by atoms with Gasteiger partial charge in [0.25, 0.3) is 5.91 Å². The molecule has 3 aromatic rings. The van der Waals surface area contributed by atoms with Crippen molar-refractivity contribution in [3.63, 3.8) is 0 Å². The van der Waals surface area contributed by atoms with Gasteiger partial charge in [0, 0.05) is 50.5 Å². The highest BCUT2D eigenvalue weighted by atomic mass is 16.5. The van der Waals surface area contributed by atoms with Crippen LogP contribution in [0.1, 0.15) is 87.1 Å². The molecule has 7 heteroatoms. The first-order valence-electron chi connectivity index (χ1n) is 16.5. The van der Waals surface area contributed by atoms with Gasteiger partial charge in [0.05, 0.1) is 18.4 Å². The van der Waals surface area contributed by atoms with E-state index in [0.29, 0.717) is 24.2 Å². The molecule has 4 rings (SSSR count). The van der Waals surface area contributed by atoms with Gasteiger partial charge in [-0.05, 0) is 42.3 Å². The first kappa shape index (κ1) is 32.9. The molecular weight excluding hydrogens is 548 g/mol. The Morgan fingerprint density at radius 2 is 1.34 bits per heavy atom. The van der Waals surface area contributed by atoms with E-state index in [4.69, 9.17) is 4.74 Å². The molecule has 1 fully saturated rings. The van der Waals surface area contributed by atoms with Crippen LogP contribution >= 0.6 is 0 Å². The number of nitrogens with one attached hydrogen (secondary N) is 2. The maximum Gasteiger partial charge on any atom is 0.253 e. The van der Waals surface area contributed by atoms with Crippen molar-refractivity contribution in [2.75, 3.05) is 48.4 Å². The predicted octanol–water partition coefficient (Wildman–Crippen LogP) is 7.81. The largest absolute Gasteiger partial charge is 0.495 e. The van der Waals surface area contributed by atoms with Crippen molar-refractivity contribution in [2.24, 2.45) is 0 Å². The number of ether oxygens (including phenoxy) is 1. The average Bonchev–Trinajstić information content (AvgIpc) is 3.07. The number of anilines is 3. The maximum atomic E-state index is 13.6. The first-order valence-corrected chi connectivity index (χ1v) is 16.5. The van der Waals surface area contributed by atoms with Crippen LogP contribution < -0.4 is 25.2 Å². The molecule has 7 nitrogen and oxygen atoms in total. The van der Waals surface area contributed by atoms with E-state index in [1.807, 2.05) is 66.7 Å². The molecule has 44 heavy (non-hydrogen) atoms. The van der Waals surface area contributed by atoms with Crippen LogP contribution in [0.25, 0.3) is 0 Å². The summed E-state index contributed by atoms with van der Waals surface area (Å²) in [6.07, 6.45) is 11.5. The van der Waals surface area contributed by atoms with Gasteiger partial charge >= 0.3 is 0 Å². The minimum Gasteiger partial charge on any atom is -0.495 e. The van der Waals surface area contributed by atoms with Gasteiger partial charge in [-0.1, -0.05) is 101 Å². The summed E-state index contributed by atoms with van der Waals surface area (Å²) in [5.41, 5.74) is 4.24. The molecule has 1 aliphatic heterocycles. The summed E-state index contributed by atoms with van der Waals surface area (Å²) in [7, 11) is 1.70. The SMILES string of the molecule is CCCCCCCCCCCC(=O)Nc1ccc(N2CCN(c3ccccc3OC)CC2)c(C(=O)NCc2ccccc2)c1. The minimum absolute atomic E-state index is 0.00163. The van der Waals surface area contributed by atoms with Crippen molar-refractivity contribution in [2.45, 2.75) is 77.7 Å². The second kappa shape index (κ2) is 18.0. The van der Waals surface area contributed by atoms with Crippen LogP contribution in [0.4, 0.5) is 17.1 Å². The van der Waals surface area contributed by atoms with Gasteiger partial charge in [-0.3, -0.25) is 9.59 Å². The maximum absolute atomic E-state index is 13.6. The monoisotopic (exact) mass is 598 g/mol. The average molecular weight is 599 g/mol. The molecule has 0 spiro atoms. The first-order chi connectivity index (χ1) is 21.6. The number of unbranched alkanes of at least 4 members (excludes halogenated alkanes) is 8. The van der Waals surface area contributed by atoms with Gasteiger partial charge in [-0.2, -0.15) is 0 Å². The second-order valence-corrected chi connectivity index (χ2v) is 11.7. The molecule has 2 amide bonds. The highest BCUT2D eigenvalue weighted by molar-refractivity contribution is 6.02. The van der Waals surface area contributed by atoms with Crippen LogP contribution in [-0.2, 0) is 11.3 Å². The molecule has 0 aliphatic carbocycles. The standard InChI is InChI=1S/C37H50N4O3/c1-3-4-5-6-7-8-9-10-14-21-36(42)39-31-22-23-33(32(28-31)37(43)38-29-30-17-12-11-13-18-30)40-24-26-41(27-25-40)34-19-15-16-20-35(34)44-2/h11-13,15-20,22-23,28H,3-10,14,21,24-27,29H2,1-2H3,(H,38,43)(H,39,42). The molecule has 0 radical (unpaired) electrons. The van der Waals surface area contributed by atoms with Crippen molar-refractivity contribution in [1.29, 1.82) is 0 Å². The van der Waals surface area contributed by atoms with Crippen LogP contribution in [0.15, 0.2) is 72.8 Å². The summed E-state index contributed by atoms with van der Waals surface area (Å²) in [6.45, 7) is 5.83. The van der Waals surface area contributed by atoms with Crippen molar-refractivity contribution < 1.29 is 14.3 Å². The van der Waals surface area contributed by atoms with Crippen LogP contribution in [-0.4, -0.2) is 45.1 Å². The van der Waals surface area contributed by atoms with E-state index in [0.717, 1.165) is 61.7 Å². The lowest BCUT2D eigenvalue weighted by atomic mass is 10.1. The lowest BCUT2D eigenvalue weighted by molar-refractivity contribution is -0.116. The number of benzene rings is 3. The zero-order valence-corrected chi connectivity index (χ0v) is 26.7. The Labute approximate surface area is 264 Å². The van der Waals surface area contributed by atoms with E-state index >= 15 is 0 Å². The van der Waals surface area contributed by atoms with Crippen LogP contribution in [0.5, 0.6) is 5.75 Å². The normalized spacial score (nSPS) is 13.0. The third-order valence-corrected chi connectivity index (χ3v) is 8.37. The fourth-order valence-electron chi connectivity index (χ4n) is 5.84. The predicted molar refractivity (Wildman–Crippen MR) is 182 cm³/mol. The number of nitrogens with zero attached hydrogens (tertiary/aromatic N) is 2. The minimum atomic E-state index is -0.147. The van der Waals surface area contributed by atoms with Gasteiger partial charge in [0.1, 0.15) is 5.75 Å². The van der Waals surface area contributed by atoms with Gasteiger partial charge in [-0.15, -0.1) is 0 Å².